The summed E-state index contributed by atoms with van der Waals surface area (Å²) in [5.41, 5.74) is 0.157. The van der Waals surface area contributed by atoms with Crippen LogP contribution in [0.4, 0.5) is 8.78 Å². The first kappa shape index (κ1) is 13.4. The van der Waals surface area contributed by atoms with Crippen LogP contribution in [0.5, 0.6) is 5.75 Å². The number of alkyl halides is 3. The summed E-state index contributed by atoms with van der Waals surface area (Å²) in [6.45, 7) is -1.34. The molecule has 1 unspecified atom stereocenters. The Morgan fingerprint density at radius 2 is 2.12 bits per heavy atom. The lowest BCUT2D eigenvalue weighted by atomic mass is 10.1. The Morgan fingerprint density at radius 3 is 2.62 bits per heavy atom. The second-order valence-corrected chi connectivity index (χ2v) is 4.73. The lowest BCUT2D eigenvalue weighted by Gasteiger charge is -2.10. The van der Waals surface area contributed by atoms with E-state index in [0.717, 1.165) is 0 Å². The molecule has 1 atom stereocenters. The number of hydrogen-bond donors (Lipinski definition) is 0. The molecule has 0 saturated heterocycles. The molecular weight excluding hydrogens is 305 g/mol. The van der Waals surface area contributed by atoms with E-state index in [1.54, 1.807) is 6.92 Å². The monoisotopic (exact) mass is 312 g/mol. The van der Waals surface area contributed by atoms with Crippen molar-refractivity contribution < 1.29 is 18.3 Å². The molecule has 0 aliphatic rings. The standard InChI is InChI=1S/C10H8BrClF2O2/c1-5(11)9(15)6-3-2-4-7(8(6)12)16-10(13)14/h2-5,10H,1H3. The molecule has 88 valence electrons. The molecule has 6 heteroatoms. The number of benzene rings is 1. The number of rotatable bonds is 4. The van der Waals surface area contributed by atoms with Crippen LogP contribution in [0.15, 0.2) is 18.2 Å². The summed E-state index contributed by atoms with van der Waals surface area (Å²) < 4.78 is 28.2. The van der Waals surface area contributed by atoms with E-state index >= 15 is 0 Å². The number of ketones is 1. The van der Waals surface area contributed by atoms with Crippen LogP contribution in [0.3, 0.4) is 0 Å². The number of hydrogen-bond acceptors (Lipinski definition) is 2. The third-order valence-corrected chi connectivity index (χ3v) is 2.61. The topological polar surface area (TPSA) is 26.3 Å². The Hall–Kier alpha value is -0.680. The number of carbonyl (C=O) groups is 1. The summed E-state index contributed by atoms with van der Waals surface area (Å²) in [6, 6.07) is 4.18. The van der Waals surface area contributed by atoms with E-state index < -0.39 is 11.4 Å². The van der Waals surface area contributed by atoms with Gasteiger partial charge in [0.15, 0.2) is 5.78 Å². The van der Waals surface area contributed by atoms with Gasteiger partial charge in [0.2, 0.25) is 0 Å². The first-order valence-electron chi connectivity index (χ1n) is 4.35. The minimum absolute atomic E-state index is 0.0981. The maximum absolute atomic E-state index is 12.0. The molecule has 0 saturated carbocycles. The molecule has 1 rings (SSSR count). The first-order chi connectivity index (χ1) is 7.43. The second kappa shape index (κ2) is 5.59. The quantitative estimate of drug-likeness (QED) is 0.622. The van der Waals surface area contributed by atoms with E-state index in [-0.39, 0.29) is 22.1 Å². The van der Waals surface area contributed by atoms with Gasteiger partial charge in [0.25, 0.3) is 0 Å². The normalized spacial score (nSPS) is 12.6. The number of carbonyl (C=O) groups excluding carboxylic acids is 1. The maximum atomic E-state index is 12.0. The summed E-state index contributed by atoms with van der Waals surface area (Å²) in [4.78, 5) is 11.2. The fraction of sp³-hybridized carbons (Fsp3) is 0.300. The molecule has 0 spiro atoms. The van der Waals surface area contributed by atoms with Gasteiger partial charge in [-0.3, -0.25) is 4.79 Å². The van der Waals surface area contributed by atoms with Crippen LogP contribution in [0, 0.1) is 0 Å². The molecule has 0 aromatic heterocycles. The van der Waals surface area contributed by atoms with Gasteiger partial charge in [-0.15, -0.1) is 0 Å². The van der Waals surface area contributed by atoms with Crippen LogP contribution in [0.25, 0.3) is 0 Å². The Bertz CT molecular complexity index is 396. The summed E-state index contributed by atoms with van der Waals surface area (Å²) in [5.74, 6) is -0.486. The van der Waals surface area contributed by atoms with Gasteiger partial charge in [0.1, 0.15) is 5.75 Å². The van der Waals surface area contributed by atoms with Gasteiger partial charge in [-0.25, -0.2) is 0 Å². The van der Waals surface area contributed by atoms with Crippen LogP contribution >= 0.6 is 27.5 Å². The minimum Gasteiger partial charge on any atom is -0.433 e. The van der Waals surface area contributed by atoms with Crippen LogP contribution in [-0.2, 0) is 0 Å². The maximum Gasteiger partial charge on any atom is 0.387 e. The van der Waals surface area contributed by atoms with Crippen LogP contribution in [-0.4, -0.2) is 17.2 Å². The Kier molecular flexibility index (Phi) is 4.68. The molecule has 1 aromatic carbocycles. The molecule has 0 fully saturated rings. The summed E-state index contributed by atoms with van der Waals surface area (Å²) in [6.07, 6.45) is 0. The number of halogens is 4. The van der Waals surface area contributed by atoms with Gasteiger partial charge in [0.05, 0.1) is 9.85 Å². The van der Waals surface area contributed by atoms with Crippen molar-refractivity contribution in [3.8, 4) is 5.75 Å². The molecule has 0 heterocycles. The van der Waals surface area contributed by atoms with E-state index in [9.17, 15) is 13.6 Å². The van der Waals surface area contributed by atoms with E-state index in [1.165, 1.54) is 18.2 Å². The first-order valence-corrected chi connectivity index (χ1v) is 5.64. The zero-order valence-corrected chi connectivity index (χ0v) is 10.6. The van der Waals surface area contributed by atoms with Crippen molar-refractivity contribution in [2.75, 3.05) is 0 Å². The van der Waals surface area contributed by atoms with Gasteiger partial charge in [-0.05, 0) is 19.1 Å². The molecule has 1 aromatic rings. The predicted molar refractivity (Wildman–Crippen MR) is 60.8 cm³/mol. The third-order valence-electron chi connectivity index (χ3n) is 1.81. The smallest absolute Gasteiger partial charge is 0.387 e. The van der Waals surface area contributed by atoms with Gasteiger partial charge >= 0.3 is 6.61 Å². The van der Waals surface area contributed by atoms with Gasteiger partial charge < -0.3 is 4.74 Å². The molecule has 0 amide bonds. The molecule has 0 aliphatic heterocycles. The fourth-order valence-corrected chi connectivity index (χ4v) is 1.61. The Balaban J connectivity index is 3.08. The second-order valence-electron chi connectivity index (χ2n) is 2.98. The van der Waals surface area contributed by atoms with Crippen molar-refractivity contribution in [2.24, 2.45) is 0 Å². The van der Waals surface area contributed by atoms with E-state index in [0.29, 0.717) is 0 Å². The number of Topliss-reactive ketones (excluding diaryl/α,β-unsaturated/α-hetero) is 1. The molecule has 0 bridgehead atoms. The summed E-state index contributed by atoms with van der Waals surface area (Å²) >= 11 is 8.88. The zero-order valence-electron chi connectivity index (χ0n) is 8.22. The lowest BCUT2D eigenvalue weighted by Crippen LogP contribution is -2.11. The minimum atomic E-state index is -2.97. The molecular formula is C10H8BrClF2O2. The zero-order chi connectivity index (χ0) is 12.3. The highest BCUT2D eigenvalue weighted by Gasteiger charge is 2.19. The number of ether oxygens (including phenoxy) is 1. The van der Waals surface area contributed by atoms with Crippen molar-refractivity contribution >= 4 is 33.3 Å². The highest BCUT2D eigenvalue weighted by molar-refractivity contribution is 9.10. The molecule has 2 nitrogen and oxygen atoms in total. The van der Waals surface area contributed by atoms with Crippen molar-refractivity contribution in [2.45, 2.75) is 18.4 Å². The molecule has 0 aliphatic carbocycles. The highest BCUT2D eigenvalue weighted by Crippen LogP contribution is 2.30. The summed E-state index contributed by atoms with van der Waals surface area (Å²) in [5, 5.41) is -0.0981. The average Bonchev–Trinajstić information content (AvgIpc) is 2.19. The fourth-order valence-electron chi connectivity index (χ4n) is 1.10. The largest absolute Gasteiger partial charge is 0.433 e. The molecule has 0 radical (unpaired) electrons. The van der Waals surface area contributed by atoms with Crippen molar-refractivity contribution in [1.82, 2.24) is 0 Å². The van der Waals surface area contributed by atoms with E-state index in [4.69, 9.17) is 11.6 Å². The van der Waals surface area contributed by atoms with Gasteiger partial charge in [-0.1, -0.05) is 33.6 Å². The molecule has 16 heavy (non-hydrogen) atoms. The van der Waals surface area contributed by atoms with Crippen LogP contribution in [0.2, 0.25) is 5.02 Å². The Labute approximate surface area is 105 Å². The lowest BCUT2D eigenvalue weighted by molar-refractivity contribution is -0.0498. The SMILES string of the molecule is CC(Br)C(=O)c1cccc(OC(F)F)c1Cl. The van der Waals surface area contributed by atoms with Crippen molar-refractivity contribution in [3.05, 3.63) is 28.8 Å². The average molecular weight is 314 g/mol. The van der Waals surface area contributed by atoms with Crippen LogP contribution in [0.1, 0.15) is 17.3 Å². The van der Waals surface area contributed by atoms with E-state index in [2.05, 4.69) is 20.7 Å². The van der Waals surface area contributed by atoms with E-state index in [1.807, 2.05) is 0 Å². The highest BCUT2D eigenvalue weighted by atomic mass is 79.9. The van der Waals surface area contributed by atoms with Gasteiger partial charge in [0, 0.05) is 5.56 Å². The molecule has 0 N–H and O–H groups in total. The third kappa shape index (κ3) is 3.15. The van der Waals surface area contributed by atoms with Crippen molar-refractivity contribution in [1.29, 1.82) is 0 Å². The Morgan fingerprint density at radius 1 is 1.50 bits per heavy atom. The van der Waals surface area contributed by atoms with Crippen molar-refractivity contribution in [3.63, 3.8) is 0 Å². The summed E-state index contributed by atoms with van der Waals surface area (Å²) in [7, 11) is 0. The van der Waals surface area contributed by atoms with Crippen LogP contribution < -0.4 is 4.74 Å². The van der Waals surface area contributed by atoms with Gasteiger partial charge in [-0.2, -0.15) is 8.78 Å². The predicted octanol–water partition coefficient (Wildman–Crippen LogP) is 3.91.